The van der Waals surface area contributed by atoms with Crippen LogP contribution in [0.4, 0.5) is 5.82 Å². The second kappa shape index (κ2) is 7.57. The molecule has 0 spiro atoms. The minimum Gasteiger partial charge on any atom is -0.464 e. The van der Waals surface area contributed by atoms with Crippen molar-refractivity contribution in [1.82, 2.24) is 9.97 Å². The number of nitrogens with zero attached hydrogens (tertiary/aromatic N) is 2. The Hall–Kier alpha value is -1.73. The Bertz CT molecular complexity index is 386. The van der Waals surface area contributed by atoms with Crippen LogP contribution in [-0.4, -0.2) is 56.5 Å². The summed E-state index contributed by atoms with van der Waals surface area (Å²) in [5.74, 6) is -0.0395. The van der Waals surface area contributed by atoms with Gasteiger partial charge in [0.05, 0.1) is 32.2 Å². The van der Waals surface area contributed by atoms with Crippen LogP contribution in [0.5, 0.6) is 0 Å². The number of aromatic nitrogens is 2. The summed E-state index contributed by atoms with van der Waals surface area (Å²) in [6.45, 7) is 0.970. The molecule has 18 heavy (non-hydrogen) atoms. The molecular weight excluding hydrogens is 238 g/mol. The van der Waals surface area contributed by atoms with Crippen LogP contribution in [0.1, 0.15) is 10.5 Å². The second-order valence-corrected chi connectivity index (χ2v) is 3.48. The lowest BCUT2D eigenvalue weighted by atomic mass is 10.3. The van der Waals surface area contributed by atoms with E-state index in [9.17, 15) is 4.79 Å². The number of hydrogen-bond donors (Lipinski definition) is 1. The number of methoxy groups -OCH3 is 3. The zero-order valence-corrected chi connectivity index (χ0v) is 10.7. The van der Waals surface area contributed by atoms with Crippen LogP contribution in [0.3, 0.4) is 0 Å². The van der Waals surface area contributed by atoms with Crippen LogP contribution in [0.25, 0.3) is 0 Å². The van der Waals surface area contributed by atoms with Gasteiger partial charge in [0.1, 0.15) is 5.82 Å². The summed E-state index contributed by atoms with van der Waals surface area (Å²) < 4.78 is 14.7. The lowest BCUT2D eigenvalue weighted by Crippen LogP contribution is -2.27. The average Bonchev–Trinajstić information content (AvgIpc) is 2.42. The number of anilines is 1. The van der Waals surface area contributed by atoms with Gasteiger partial charge in [-0.05, 0) is 0 Å². The number of ether oxygens (including phenoxy) is 3. The van der Waals surface area contributed by atoms with Crippen molar-refractivity contribution in [1.29, 1.82) is 0 Å². The van der Waals surface area contributed by atoms with Gasteiger partial charge in [-0.15, -0.1) is 0 Å². The molecule has 0 radical (unpaired) electrons. The number of carbonyl (C=O) groups excluding carboxylic acids is 1. The second-order valence-electron chi connectivity index (χ2n) is 3.48. The maximum absolute atomic E-state index is 11.3. The zero-order valence-electron chi connectivity index (χ0n) is 10.7. The van der Waals surface area contributed by atoms with E-state index in [1.54, 1.807) is 14.2 Å². The maximum atomic E-state index is 11.3. The van der Waals surface area contributed by atoms with Gasteiger partial charge >= 0.3 is 5.97 Å². The highest BCUT2D eigenvalue weighted by Crippen LogP contribution is 2.04. The first-order valence-electron chi connectivity index (χ1n) is 5.37. The molecular formula is C11H17N3O4. The SMILES string of the molecule is COCC(CNc1cncc(C(=O)OC)n1)OC. The number of hydrogen-bond acceptors (Lipinski definition) is 7. The molecule has 1 aromatic rings. The molecule has 0 amide bonds. The summed E-state index contributed by atoms with van der Waals surface area (Å²) in [5.41, 5.74) is 0.156. The molecule has 0 aromatic carbocycles. The maximum Gasteiger partial charge on any atom is 0.358 e. The van der Waals surface area contributed by atoms with Crippen molar-refractivity contribution in [2.75, 3.05) is 39.8 Å². The summed E-state index contributed by atoms with van der Waals surface area (Å²) in [6.07, 6.45) is 2.77. The van der Waals surface area contributed by atoms with Crippen LogP contribution in [-0.2, 0) is 14.2 Å². The molecule has 1 heterocycles. The third-order valence-corrected chi connectivity index (χ3v) is 2.23. The lowest BCUT2D eigenvalue weighted by Gasteiger charge is -2.15. The highest BCUT2D eigenvalue weighted by Gasteiger charge is 2.10. The van der Waals surface area contributed by atoms with E-state index in [2.05, 4.69) is 20.0 Å². The van der Waals surface area contributed by atoms with Crippen LogP contribution in [0.15, 0.2) is 12.4 Å². The molecule has 0 bridgehead atoms. The Kier molecular flexibility index (Phi) is 6.03. The molecule has 0 aliphatic heterocycles. The van der Waals surface area contributed by atoms with Crippen LogP contribution < -0.4 is 5.32 Å². The Labute approximate surface area is 105 Å². The van der Waals surface area contributed by atoms with Gasteiger partial charge in [-0.1, -0.05) is 0 Å². The summed E-state index contributed by atoms with van der Waals surface area (Å²) in [5, 5.41) is 3.01. The van der Waals surface area contributed by atoms with E-state index in [4.69, 9.17) is 9.47 Å². The molecule has 0 fully saturated rings. The highest BCUT2D eigenvalue weighted by atomic mass is 16.5. The minimum absolute atomic E-state index is 0.0985. The Morgan fingerprint density at radius 3 is 2.78 bits per heavy atom. The molecule has 7 nitrogen and oxygen atoms in total. The van der Waals surface area contributed by atoms with E-state index < -0.39 is 5.97 Å². The van der Waals surface area contributed by atoms with Gasteiger partial charge < -0.3 is 19.5 Å². The first-order chi connectivity index (χ1) is 8.71. The standard InChI is InChI=1S/C11H17N3O4/c1-16-7-8(17-2)4-13-10-6-12-5-9(14-10)11(15)18-3/h5-6,8H,4,7H2,1-3H3,(H,13,14). The quantitative estimate of drug-likeness (QED) is 0.703. The third-order valence-electron chi connectivity index (χ3n) is 2.23. The predicted octanol–water partition coefficient (Wildman–Crippen LogP) is 0.336. The minimum atomic E-state index is -0.522. The van der Waals surface area contributed by atoms with Crippen molar-refractivity contribution >= 4 is 11.8 Å². The Morgan fingerprint density at radius 1 is 1.39 bits per heavy atom. The zero-order chi connectivity index (χ0) is 13.4. The molecule has 1 N–H and O–H groups in total. The molecule has 7 heteroatoms. The van der Waals surface area contributed by atoms with Gasteiger partial charge in [0.15, 0.2) is 5.69 Å². The fourth-order valence-corrected chi connectivity index (χ4v) is 1.27. The first kappa shape index (κ1) is 14.3. The van der Waals surface area contributed by atoms with Gasteiger partial charge in [0, 0.05) is 20.8 Å². The number of esters is 1. The van der Waals surface area contributed by atoms with Crippen molar-refractivity contribution in [3.8, 4) is 0 Å². The Morgan fingerprint density at radius 2 is 2.17 bits per heavy atom. The van der Waals surface area contributed by atoms with Crippen molar-refractivity contribution in [3.05, 3.63) is 18.1 Å². The van der Waals surface area contributed by atoms with Crippen molar-refractivity contribution < 1.29 is 19.0 Å². The summed E-state index contributed by atoms with van der Waals surface area (Å²) in [6, 6.07) is 0. The summed E-state index contributed by atoms with van der Waals surface area (Å²) in [4.78, 5) is 19.2. The molecule has 1 rings (SSSR count). The Balaban J connectivity index is 2.59. The molecule has 1 unspecified atom stereocenters. The van der Waals surface area contributed by atoms with E-state index in [0.717, 1.165) is 0 Å². The van der Waals surface area contributed by atoms with E-state index in [1.807, 2.05) is 0 Å². The van der Waals surface area contributed by atoms with Gasteiger partial charge in [-0.3, -0.25) is 4.98 Å². The molecule has 0 aliphatic carbocycles. The van der Waals surface area contributed by atoms with Gasteiger partial charge in [-0.25, -0.2) is 9.78 Å². The molecule has 100 valence electrons. The van der Waals surface area contributed by atoms with Gasteiger partial charge in [0.25, 0.3) is 0 Å². The highest BCUT2D eigenvalue weighted by molar-refractivity contribution is 5.87. The van der Waals surface area contributed by atoms with Crippen LogP contribution in [0.2, 0.25) is 0 Å². The normalized spacial score (nSPS) is 11.9. The van der Waals surface area contributed by atoms with Crippen molar-refractivity contribution in [2.24, 2.45) is 0 Å². The molecule has 0 aliphatic rings. The van der Waals surface area contributed by atoms with Crippen LogP contribution >= 0.6 is 0 Å². The topological polar surface area (TPSA) is 82.6 Å². The van der Waals surface area contributed by atoms with E-state index in [1.165, 1.54) is 19.5 Å². The van der Waals surface area contributed by atoms with E-state index in [0.29, 0.717) is 19.0 Å². The largest absolute Gasteiger partial charge is 0.464 e. The third kappa shape index (κ3) is 4.27. The van der Waals surface area contributed by atoms with Gasteiger partial charge in [-0.2, -0.15) is 0 Å². The van der Waals surface area contributed by atoms with E-state index in [-0.39, 0.29) is 11.8 Å². The molecule has 0 saturated carbocycles. The van der Waals surface area contributed by atoms with Crippen molar-refractivity contribution in [2.45, 2.75) is 6.10 Å². The first-order valence-corrected chi connectivity index (χ1v) is 5.37. The number of nitrogens with one attached hydrogen (secondary N) is 1. The van der Waals surface area contributed by atoms with Crippen LogP contribution in [0, 0.1) is 0 Å². The average molecular weight is 255 g/mol. The van der Waals surface area contributed by atoms with Crippen molar-refractivity contribution in [3.63, 3.8) is 0 Å². The number of rotatable bonds is 7. The molecule has 0 saturated heterocycles. The van der Waals surface area contributed by atoms with E-state index >= 15 is 0 Å². The fourth-order valence-electron chi connectivity index (χ4n) is 1.27. The smallest absolute Gasteiger partial charge is 0.358 e. The molecule has 1 aromatic heterocycles. The summed E-state index contributed by atoms with van der Waals surface area (Å²) in [7, 11) is 4.50. The van der Waals surface area contributed by atoms with Gasteiger partial charge in [0.2, 0.25) is 0 Å². The fraction of sp³-hybridized carbons (Fsp3) is 0.545. The molecule has 1 atom stereocenters. The lowest BCUT2D eigenvalue weighted by molar-refractivity contribution is 0.0365. The number of carbonyl (C=O) groups is 1. The predicted molar refractivity (Wildman–Crippen MR) is 64.5 cm³/mol. The summed E-state index contributed by atoms with van der Waals surface area (Å²) >= 11 is 0. The monoisotopic (exact) mass is 255 g/mol.